The molecule has 1 aromatic rings. The van der Waals surface area contributed by atoms with Crippen molar-refractivity contribution in [2.24, 2.45) is 0 Å². The van der Waals surface area contributed by atoms with Crippen LogP contribution in [0.15, 0.2) is 0 Å². The van der Waals surface area contributed by atoms with Gasteiger partial charge in [-0.3, -0.25) is 0 Å². The summed E-state index contributed by atoms with van der Waals surface area (Å²) in [6.07, 6.45) is 0. The third-order valence-corrected chi connectivity index (χ3v) is 4.40. The van der Waals surface area contributed by atoms with E-state index < -0.39 is 0 Å². The van der Waals surface area contributed by atoms with E-state index in [1.165, 1.54) is 0 Å². The topological polar surface area (TPSA) is 38.7 Å². The smallest absolute Gasteiger partial charge is 0.374 e. The maximum Gasteiger partial charge on any atom is 0.374 e. The van der Waals surface area contributed by atoms with Crippen LogP contribution in [-0.2, 0) is 0 Å². The zero-order valence-electron chi connectivity index (χ0n) is 11.8. The Bertz CT molecular complexity index is 425. The van der Waals surface area contributed by atoms with Gasteiger partial charge in [-0.25, -0.2) is 9.97 Å². The van der Waals surface area contributed by atoms with E-state index in [2.05, 4.69) is 61.1 Å². The van der Waals surface area contributed by atoms with Gasteiger partial charge >= 0.3 is 14.0 Å². The molecule has 0 radical (unpaired) electrons. The monoisotopic (exact) mass is 244 g/mol. The average Bonchev–Trinajstić information content (AvgIpc) is 2.71. The second-order valence-corrected chi connectivity index (χ2v) is 5.23. The van der Waals surface area contributed by atoms with Crippen LogP contribution in [0.4, 0.5) is 23.3 Å². The molecule has 94 valence electrons. The molecule has 0 spiro atoms. The normalized spacial score (nSPS) is 17.9. The minimum absolute atomic E-state index is 0.301. The van der Waals surface area contributed by atoms with E-state index in [0.29, 0.717) is 14.0 Å². The van der Waals surface area contributed by atoms with E-state index in [9.17, 15) is 0 Å². The summed E-state index contributed by atoms with van der Waals surface area (Å²) in [5, 5.41) is 0. The van der Waals surface area contributed by atoms with Crippen molar-refractivity contribution in [3.63, 3.8) is 0 Å². The van der Waals surface area contributed by atoms with E-state index in [4.69, 9.17) is 9.97 Å². The highest BCUT2D eigenvalue weighted by Crippen LogP contribution is 2.41. The molecule has 0 atom stereocenters. The summed E-state index contributed by atoms with van der Waals surface area (Å²) in [4.78, 5) is 18.3. The maximum absolute atomic E-state index is 4.80. The molecule has 0 fully saturated rings. The zero-order valence-corrected chi connectivity index (χ0v) is 11.8. The fraction of sp³-hybridized carbons (Fsp3) is 0.600. The maximum atomic E-state index is 4.80. The van der Waals surface area contributed by atoms with Gasteiger partial charge in [0, 0.05) is 0 Å². The van der Waals surface area contributed by atoms with Crippen LogP contribution in [-0.4, -0.2) is 52.1 Å². The summed E-state index contributed by atoms with van der Waals surface area (Å²) < 4.78 is 0. The third kappa shape index (κ3) is 1.20. The van der Waals surface area contributed by atoms with Gasteiger partial charge < -0.3 is 19.2 Å². The van der Waals surface area contributed by atoms with Crippen molar-refractivity contribution in [1.29, 1.82) is 0 Å². The number of rotatable bonds is 0. The van der Waals surface area contributed by atoms with E-state index in [-0.39, 0.29) is 0 Å². The van der Waals surface area contributed by atoms with Crippen LogP contribution in [0.1, 0.15) is 0 Å². The first-order chi connectivity index (χ1) is 8.43. The number of hydrogen-bond acceptors (Lipinski definition) is 6. The summed E-state index contributed by atoms with van der Waals surface area (Å²) >= 11 is 0. The van der Waals surface area contributed by atoms with Gasteiger partial charge in [0.1, 0.15) is 0 Å². The van der Waals surface area contributed by atoms with Gasteiger partial charge in [-0.1, -0.05) is 0 Å². The minimum Gasteiger partial charge on any atom is -0.381 e. The zero-order chi connectivity index (χ0) is 13.2. The molecular formula is C10H18B2N6. The molecule has 3 heterocycles. The fourth-order valence-electron chi connectivity index (χ4n) is 2.57. The highest BCUT2D eigenvalue weighted by Gasteiger charge is 2.40. The van der Waals surface area contributed by atoms with E-state index in [1.54, 1.807) is 0 Å². The van der Waals surface area contributed by atoms with Gasteiger partial charge in [-0.05, 0) is 41.8 Å². The summed E-state index contributed by atoms with van der Waals surface area (Å²) in [6.45, 7) is 4.92. The summed E-state index contributed by atoms with van der Waals surface area (Å²) in [7, 11) is 8.26. The highest BCUT2D eigenvalue weighted by atomic mass is 15.4. The lowest BCUT2D eigenvalue weighted by Crippen LogP contribution is -2.42. The van der Waals surface area contributed by atoms with Crippen LogP contribution in [0.5, 0.6) is 0 Å². The lowest BCUT2D eigenvalue weighted by Gasteiger charge is -2.19. The van der Waals surface area contributed by atoms with Gasteiger partial charge in [0.25, 0.3) is 0 Å². The van der Waals surface area contributed by atoms with Crippen LogP contribution in [0.3, 0.4) is 0 Å². The number of anilines is 4. The van der Waals surface area contributed by atoms with E-state index >= 15 is 0 Å². The molecule has 18 heavy (non-hydrogen) atoms. The number of nitrogens with zero attached hydrogens (tertiary/aromatic N) is 6. The second kappa shape index (κ2) is 3.46. The first kappa shape index (κ1) is 11.5. The fourth-order valence-corrected chi connectivity index (χ4v) is 2.57. The van der Waals surface area contributed by atoms with Crippen molar-refractivity contribution in [3.8, 4) is 0 Å². The van der Waals surface area contributed by atoms with Gasteiger partial charge in [0.15, 0.2) is 23.3 Å². The summed E-state index contributed by atoms with van der Waals surface area (Å²) in [5.74, 6) is 3.88. The molecule has 0 amide bonds. The first-order valence-corrected chi connectivity index (χ1v) is 6.27. The molecular weight excluding hydrogens is 226 g/mol. The molecule has 0 saturated carbocycles. The summed E-state index contributed by atoms with van der Waals surface area (Å²) in [6, 6.07) is 0. The Balaban J connectivity index is 2.17. The van der Waals surface area contributed by atoms with Crippen molar-refractivity contribution < 1.29 is 0 Å². The molecule has 1 aromatic heterocycles. The molecule has 3 rings (SSSR count). The van der Waals surface area contributed by atoms with Crippen molar-refractivity contribution in [3.05, 3.63) is 0 Å². The van der Waals surface area contributed by atoms with Crippen LogP contribution in [0.25, 0.3) is 0 Å². The highest BCUT2D eigenvalue weighted by molar-refractivity contribution is 6.69. The molecule has 0 aromatic carbocycles. The second-order valence-electron chi connectivity index (χ2n) is 5.23. The van der Waals surface area contributed by atoms with Gasteiger partial charge in [0.2, 0.25) is 0 Å². The molecule has 0 bridgehead atoms. The molecule has 0 aliphatic carbocycles. The Hall–Kier alpha value is -1.59. The molecule has 2 aliphatic rings. The van der Waals surface area contributed by atoms with Crippen molar-refractivity contribution in [2.75, 3.05) is 47.4 Å². The van der Waals surface area contributed by atoms with Crippen molar-refractivity contribution in [1.82, 2.24) is 9.97 Å². The molecule has 6 nitrogen and oxygen atoms in total. The van der Waals surface area contributed by atoms with Crippen LogP contribution in [0.2, 0.25) is 13.6 Å². The quantitative estimate of drug-likeness (QED) is 0.618. The molecule has 0 unspecified atom stereocenters. The van der Waals surface area contributed by atoms with Crippen LogP contribution >= 0.6 is 0 Å². The lowest BCUT2D eigenvalue weighted by atomic mass is 9.78. The number of hydrogen-bond donors (Lipinski definition) is 0. The Morgan fingerprint density at radius 3 is 1.06 bits per heavy atom. The Morgan fingerprint density at radius 1 is 0.611 bits per heavy atom. The molecule has 8 heteroatoms. The van der Waals surface area contributed by atoms with Crippen LogP contribution in [0, 0.1) is 0 Å². The molecule has 0 N–H and O–H groups in total. The first-order valence-electron chi connectivity index (χ1n) is 6.27. The SMILES string of the molecule is CB1N(C)c2nc3c(nc2N1C)N(C)B(C)N3C. The summed E-state index contributed by atoms with van der Waals surface area (Å²) in [5.41, 5.74) is 0. The van der Waals surface area contributed by atoms with Gasteiger partial charge in [-0.2, -0.15) is 0 Å². The predicted molar refractivity (Wildman–Crippen MR) is 78.9 cm³/mol. The van der Waals surface area contributed by atoms with Crippen molar-refractivity contribution >= 4 is 37.2 Å². The van der Waals surface area contributed by atoms with E-state index in [1.807, 2.05) is 0 Å². The Morgan fingerprint density at radius 2 is 0.833 bits per heavy atom. The largest absolute Gasteiger partial charge is 0.381 e. The molecule has 2 aliphatic heterocycles. The predicted octanol–water partition coefficient (Wildman–Crippen LogP) is 0.485. The number of fused-ring (bicyclic) bond motifs is 2. The standard InChI is InChI=1S/C10H18B2N6/c1-11-15(3)7-8(16(11)4)14-10-9(13-7)17(5)12(2)18(10)6/h1-6H3. The molecule has 0 saturated heterocycles. The van der Waals surface area contributed by atoms with Gasteiger partial charge in [0.05, 0.1) is 0 Å². The van der Waals surface area contributed by atoms with Crippen molar-refractivity contribution in [2.45, 2.75) is 13.6 Å². The minimum atomic E-state index is 0.301. The Labute approximate surface area is 109 Å². The third-order valence-electron chi connectivity index (χ3n) is 4.40. The van der Waals surface area contributed by atoms with Crippen LogP contribution < -0.4 is 19.2 Å². The Kier molecular flexibility index (Phi) is 2.21. The lowest BCUT2D eigenvalue weighted by molar-refractivity contribution is 1.11. The average molecular weight is 244 g/mol. The van der Waals surface area contributed by atoms with E-state index in [0.717, 1.165) is 23.3 Å². The number of aromatic nitrogens is 2. The van der Waals surface area contributed by atoms with Gasteiger partial charge in [-0.15, -0.1) is 0 Å².